The molecule has 2 atom stereocenters. The van der Waals surface area contributed by atoms with Crippen LogP contribution in [0.4, 0.5) is 0 Å². The van der Waals surface area contributed by atoms with E-state index < -0.39 is 5.60 Å². The molecule has 3 heteroatoms. The first-order valence-electron chi connectivity index (χ1n) is 4.77. The first-order chi connectivity index (χ1) is 6.65. The van der Waals surface area contributed by atoms with Crippen LogP contribution in [0.3, 0.4) is 0 Å². The van der Waals surface area contributed by atoms with Crippen LogP contribution in [0.5, 0.6) is 0 Å². The predicted octanol–water partition coefficient (Wildman–Crippen LogP) is 1.06. The maximum atomic E-state index is 10.7. The van der Waals surface area contributed by atoms with E-state index in [2.05, 4.69) is 4.98 Å². The van der Waals surface area contributed by atoms with Gasteiger partial charge in [-0.15, -0.1) is 0 Å². The van der Waals surface area contributed by atoms with Gasteiger partial charge in [0.1, 0.15) is 5.60 Å². The van der Waals surface area contributed by atoms with Crippen molar-refractivity contribution in [2.24, 2.45) is 0 Å². The van der Waals surface area contributed by atoms with E-state index in [9.17, 15) is 9.90 Å². The SMILES string of the molecule is CC(O)(C=O)C1CCc2cccnc21. The van der Waals surface area contributed by atoms with Gasteiger partial charge in [-0.3, -0.25) is 4.98 Å². The Hall–Kier alpha value is -1.22. The van der Waals surface area contributed by atoms with Crippen molar-refractivity contribution >= 4 is 6.29 Å². The number of pyridine rings is 1. The van der Waals surface area contributed by atoms with Gasteiger partial charge >= 0.3 is 0 Å². The fourth-order valence-corrected chi connectivity index (χ4v) is 2.06. The number of fused-ring (bicyclic) bond motifs is 1. The van der Waals surface area contributed by atoms with E-state index in [1.807, 2.05) is 12.1 Å². The van der Waals surface area contributed by atoms with Crippen LogP contribution in [0.1, 0.15) is 30.5 Å². The number of carbonyl (C=O) groups is 1. The van der Waals surface area contributed by atoms with Crippen molar-refractivity contribution in [3.8, 4) is 0 Å². The number of aromatic nitrogens is 1. The fourth-order valence-electron chi connectivity index (χ4n) is 2.06. The minimum absolute atomic E-state index is 0.142. The third kappa shape index (κ3) is 1.34. The van der Waals surface area contributed by atoms with Crippen LogP contribution in [0, 0.1) is 0 Å². The van der Waals surface area contributed by atoms with Gasteiger partial charge in [-0.25, -0.2) is 0 Å². The Kier molecular flexibility index (Phi) is 2.11. The summed E-state index contributed by atoms with van der Waals surface area (Å²) in [4.78, 5) is 15.0. The molecule has 1 aliphatic rings. The first-order valence-corrected chi connectivity index (χ1v) is 4.77. The quantitative estimate of drug-likeness (QED) is 0.711. The van der Waals surface area contributed by atoms with Gasteiger partial charge in [0, 0.05) is 17.8 Å². The topological polar surface area (TPSA) is 50.2 Å². The lowest BCUT2D eigenvalue weighted by Gasteiger charge is -2.23. The molecule has 2 unspecified atom stereocenters. The molecule has 0 fully saturated rings. The first kappa shape index (κ1) is 9.34. The number of hydrogen-bond donors (Lipinski definition) is 1. The molecule has 0 spiro atoms. The molecule has 0 bridgehead atoms. The van der Waals surface area contributed by atoms with Crippen LogP contribution in [0.15, 0.2) is 18.3 Å². The van der Waals surface area contributed by atoms with Gasteiger partial charge in [-0.1, -0.05) is 6.07 Å². The molecule has 74 valence electrons. The molecule has 0 amide bonds. The summed E-state index contributed by atoms with van der Waals surface area (Å²) in [5.41, 5.74) is 0.754. The Morgan fingerprint density at radius 2 is 2.50 bits per heavy atom. The van der Waals surface area contributed by atoms with Gasteiger partial charge in [0.25, 0.3) is 0 Å². The molecular weight excluding hydrogens is 178 g/mol. The van der Waals surface area contributed by atoms with Crippen LogP contribution in [-0.2, 0) is 11.2 Å². The molecule has 0 radical (unpaired) electrons. The van der Waals surface area contributed by atoms with Gasteiger partial charge in [-0.05, 0) is 31.4 Å². The Labute approximate surface area is 82.8 Å². The highest BCUT2D eigenvalue weighted by atomic mass is 16.3. The molecule has 1 aromatic heterocycles. The average Bonchev–Trinajstić information content (AvgIpc) is 2.61. The van der Waals surface area contributed by atoms with Crippen molar-refractivity contribution in [3.05, 3.63) is 29.6 Å². The fraction of sp³-hybridized carbons (Fsp3) is 0.455. The van der Waals surface area contributed by atoms with Crippen molar-refractivity contribution in [1.82, 2.24) is 4.98 Å². The summed E-state index contributed by atoms with van der Waals surface area (Å²) in [6, 6.07) is 3.89. The molecule has 0 saturated carbocycles. The number of aryl methyl sites for hydroxylation is 1. The zero-order valence-electron chi connectivity index (χ0n) is 8.10. The summed E-state index contributed by atoms with van der Waals surface area (Å²) in [7, 11) is 0. The van der Waals surface area contributed by atoms with E-state index in [0.717, 1.165) is 24.1 Å². The lowest BCUT2D eigenvalue weighted by atomic mass is 9.88. The van der Waals surface area contributed by atoms with Crippen LogP contribution < -0.4 is 0 Å². The minimum atomic E-state index is -1.28. The van der Waals surface area contributed by atoms with Gasteiger partial charge in [-0.2, -0.15) is 0 Å². The van der Waals surface area contributed by atoms with Gasteiger partial charge in [0.15, 0.2) is 6.29 Å². The zero-order valence-corrected chi connectivity index (χ0v) is 8.10. The zero-order chi connectivity index (χ0) is 10.2. The van der Waals surface area contributed by atoms with E-state index in [1.165, 1.54) is 0 Å². The summed E-state index contributed by atoms with van der Waals surface area (Å²) in [6.45, 7) is 1.55. The van der Waals surface area contributed by atoms with Crippen molar-refractivity contribution in [2.45, 2.75) is 31.3 Å². The van der Waals surface area contributed by atoms with Gasteiger partial charge in [0.2, 0.25) is 0 Å². The second-order valence-corrected chi connectivity index (χ2v) is 3.98. The summed E-state index contributed by atoms with van der Waals surface area (Å²) in [6.07, 6.45) is 4.02. The highest BCUT2D eigenvalue weighted by molar-refractivity contribution is 5.64. The Balaban J connectivity index is 2.39. The largest absolute Gasteiger partial charge is 0.382 e. The number of nitrogens with zero attached hydrogens (tertiary/aromatic N) is 1. The molecular formula is C11H13NO2. The number of aliphatic hydroxyl groups is 1. The Bertz CT molecular complexity index is 360. The third-order valence-electron chi connectivity index (χ3n) is 2.90. The highest BCUT2D eigenvalue weighted by Crippen LogP contribution is 2.37. The minimum Gasteiger partial charge on any atom is -0.382 e. The molecule has 3 nitrogen and oxygen atoms in total. The smallest absolute Gasteiger partial charge is 0.151 e. The lowest BCUT2D eigenvalue weighted by molar-refractivity contribution is -0.124. The molecule has 0 aromatic carbocycles. The molecule has 14 heavy (non-hydrogen) atoms. The molecule has 1 N–H and O–H groups in total. The average molecular weight is 191 g/mol. The van der Waals surface area contributed by atoms with Crippen LogP contribution in [0.2, 0.25) is 0 Å². The third-order valence-corrected chi connectivity index (χ3v) is 2.90. The number of rotatable bonds is 2. The Morgan fingerprint density at radius 3 is 3.21 bits per heavy atom. The van der Waals surface area contributed by atoms with Crippen molar-refractivity contribution in [3.63, 3.8) is 0 Å². The highest BCUT2D eigenvalue weighted by Gasteiger charge is 2.38. The maximum Gasteiger partial charge on any atom is 0.151 e. The summed E-state index contributed by atoms with van der Waals surface area (Å²) < 4.78 is 0. The lowest BCUT2D eigenvalue weighted by Crippen LogP contribution is -2.33. The van der Waals surface area contributed by atoms with E-state index in [-0.39, 0.29) is 5.92 Å². The second kappa shape index (κ2) is 3.17. The number of carbonyl (C=O) groups excluding carboxylic acids is 1. The molecule has 2 rings (SSSR count). The molecule has 1 aromatic rings. The number of hydrogen-bond acceptors (Lipinski definition) is 3. The summed E-state index contributed by atoms with van der Waals surface area (Å²) in [5.74, 6) is -0.142. The monoisotopic (exact) mass is 191 g/mol. The van der Waals surface area contributed by atoms with Crippen LogP contribution >= 0.6 is 0 Å². The normalized spacial score (nSPS) is 24.0. The standard InChI is InChI=1S/C11H13NO2/c1-11(14,7-13)9-5-4-8-3-2-6-12-10(8)9/h2-3,6-7,9,14H,4-5H2,1H3. The van der Waals surface area contributed by atoms with Crippen LogP contribution in [0.25, 0.3) is 0 Å². The predicted molar refractivity (Wildman–Crippen MR) is 52.0 cm³/mol. The molecule has 1 aliphatic carbocycles. The Morgan fingerprint density at radius 1 is 1.71 bits per heavy atom. The van der Waals surface area contributed by atoms with Gasteiger partial charge < -0.3 is 9.90 Å². The summed E-state index contributed by atoms with van der Waals surface area (Å²) in [5, 5.41) is 9.86. The van der Waals surface area contributed by atoms with Crippen LogP contribution in [-0.4, -0.2) is 22.0 Å². The van der Waals surface area contributed by atoms with E-state index in [4.69, 9.17) is 0 Å². The molecule has 0 saturated heterocycles. The molecule has 0 aliphatic heterocycles. The maximum absolute atomic E-state index is 10.7. The van der Waals surface area contributed by atoms with Gasteiger partial charge in [0.05, 0.1) is 0 Å². The van der Waals surface area contributed by atoms with E-state index in [1.54, 1.807) is 13.1 Å². The molecule has 1 heterocycles. The van der Waals surface area contributed by atoms with E-state index >= 15 is 0 Å². The number of aldehydes is 1. The summed E-state index contributed by atoms with van der Waals surface area (Å²) >= 11 is 0. The second-order valence-electron chi connectivity index (χ2n) is 3.98. The van der Waals surface area contributed by atoms with Crippen molar-refractivity contribution in [2.75, 3.05) is 0 Å². The van der Waals surface area contributed by atoms with Crippen molar-refractivity contribution in [1.29, 1.82) is 0 Å². The van der Waals surface area contributed by atoms with Crippen molar-refractivity contribution < 1.29 is 9.90 Å². The van der Waals surface area contributed by atoms with E-state index in [0.29, 0.717) is 6.29 Å².